The number of nitrogens with one attached hydrogen (secondary N) is 1. The van der Waals surface area contributed by atoms with Gasteiger partial charge in [0.1, 0.15) is 6.61 Å². The summed E-state index contributed by atoms with van der Waals surface area (Å²) in [5.74, 6) is -0.328. The van der Waals surface area contributed by atoms with Crippen molar-refractivity contribution < 1.29 is 27.4 Å². The number of alkyl halides is 3. The van der Waals surface area contributed by atoms with Crippen LogP contribution < -0.4 is 10.3 Å². The Morgan fingerprint density at radius 1 is 1.24 bits per heavy atom. The Morgan fingerprint density at radius 2 is 1.97 bits per heavy atom. The molecular weight excluding hydrogens is 501 g/mol. The number of hydrogen-bond donors (Lipinski definition) is 1. The van der Waals surface area contributed by atoms with Crippen molar-refractivity contribution >= 4 is 17.6 Å². The summed E-state index contributed by atoms with van der Waals surface area (Å²) in [7, 11) is 3.70. The number of carbonyl (C=O) groups excluding carboxylic acids is 1. The van der Waals surface area contributed by atoms with E-state index in [9.17, 15) is 23.2 Å². The highest BCUT2D eigenvalue weighted by Crippen LogP contribution is 2.46. The van der Waals surface area contributed by atoms with Gasteiger partial charge in [-0.05, 0) is 56.9 Å². The first kappa shape index (κ1) is 25.6. The topological polar surface area (TPSA) is 96.7 Å². The van der Waals surface area contributed by atoms with Crippen LogP contribution in [0.25, 0.3) is 0 Å². The standard InChI is InChI=1S/C26H25F3N6O3/c1-15-20(24(36)37-12-11-33(2)3)21(17-9-7-16(14-30)8-10-17)35-23-22(38-23)31-32-25(35)34(15)19-6-4-5-18(13-19)26(27,28)29/h4-10,13,21-23,31H,11-12H2,1-3H3. The van der Waals surface area contributed by atoms with Gasteiger partial charge in [0.25, 0.3) is 0 Å². The average molecular weight is 527 g/mol. The Labute approximate surface area is 217 Å². The van der Waals surface area contributed by atoms with Crippen molar-refractivity contribution in [2.45, 2.75) is 31.6 Å². The largest absolute Gasteiger partial charge is 0.461 e. The fourth-order valence-electron chi connectivity index (χ4n) is 4.59. The number of halogens is 3. The summed E-state index contributed by atoms with van der Waals surface area (Å²) in [4.78, 5) is 18.7. The maximum absolute atomic E-state index is 13.6. The molecule has 0 bridgehead atoms. The zero-order valence-electron chi connectivity index (χ0n) is 20.9. The Balaban J connectivity index is 1.67. The molecule has 1 fully saturated rings. The van der Waals surface area contributed by atoms with Gasteiger partial charge < -0.3 is 14.4 Å². The number of carbonyl (C=O) groups is 1. The summed E-state index contributed by atoms with van der Waals surface area (Å²) in [5.41, 5.74) is 3.95. The Morgan fingerprint density at radius 3 is 2.63 bits per heavy atom. The lowest BCUT2D eigenvalue weighted by Gasteiger charge is -2.45. The summed E-state index contributed by atoms with van der Waals surface area (Å²) in [6, 6.07) is 13.0. The number of hydrogen-bond acceptors (Lipinski definition) is 9. The maximum atomic E-state index is 13.6. The van der Waals surface area contributed by atoms with Crippen LogP contribution in [-0.2, 0) is 20.4 Å². The number of ether oxygens (including phenoxy) is 2. The minimum Gasteiger partial charge on any atom is -0.461 e. The highest BCUT2D eigenvalue weighted by atomic mass is 19.4. The lowest BCUT2D eigenvalue weighted by molar-refractivity contribution is -0.140. The van der Waals surface area contributed by atoms with Gasteiger partial charge in [-0.15, -0.1) is 5.10 Å². The number of rotatable bonds is 6. The molecule has 5 rings (SSSR count). The molecule has 2 aromatic carbocycles. The molecule has 1 N–H and O–H groups in total. The number of guanidine groups is 1. The highest BCUT2D eigenvalue weighted by Gasteiger charge is 2.56. The molecule has 2 aromatic rings. The Hall–Kier alpha value is -4.08. The van der Waals surface area contributed by atoms with Gasteiger partial charge in [0.15, 0.2) is 12.5 Å². The van der Waals surface area contributed by atoms with Crippen LogP contribution >= 0.6 is 0 Å². The van der Waals surface area contributed by atoms with Gasteiger partial charge in [-0.25, -0.2) is 4.79 Å². The molecule has 0 spiro atoms. The van der Waals surface area contributed by atoms with Crippen LogP contribution in [-0.4, -0.2) is 61.4 Å². The molecule has 3 aliphatic heterocycles. The molecule has 3 atom stereocenters. The average Bonchev–Trinajstić information content (AvgIpc) is 3.67. The summed E-state index contributed by atoms with van der Waals surface area (Å²) in [5, 5.41) is 13.7. The second-order valence-electron chi connectivity index (χ2n) is 9.35. The van der Waals surface area contributed by atoms with Crippen molar-refractivity contribution in [1.82, 2.24) is 15.2 Å². The number of nitriles is 1. The number of likely N-dealkylation sites (N-methyl/N-ethyl adjacent to an activating group) is 1. The predicted molar refractivity (Wildman–Crippen MR) is 131 cm³/mol. The lowest BCUT2D eigenvalue weighted by Crippen LogP contribution is -2.56. The highest BCUT2D eigenvalue weighted by molar-refractivity contribution is 6.06. The van der Waals surface area contributed by atoms with Gasteiger partial charge in [0.05, 0.1) is 28.8 Å². The van der Waals surface area contributed by atoms with Crippen molar-refractivity contribution in [3.8, 4) is 6.07 Å². The molecule has 12 heteroatoms. The van der Waals surface area contributed by atoms with Gasteiger partial charge in [0.2, 0.25) is 5.96 Å². The summed E-state index contributed by atoms with van der Waals surface area (Å²) < 4.78 is 52.1. The van der Waals surface area contributed by atoms with Crippen molar-refractivity contribution in [2.24, 2.45) is 5.10 Å². The number of benzene rings is 2. The Kier molecular flexibility index (Phi) is 6.50. The molecule has 0 saturated carbocycles. The molecule has 0 aromatic heterocycles. The minimum atomic E-state index is -4.56. The van der Waals surface area contributed by atoms with E-state index in [0.29, 0.717) is 23.4 Å². The number of nitrogens with zero attached hydrogens (tertiary/aromatic N) is 5. The molecule has 38 heavy (non-hydrogen) atoms. The van der Waals surface area contributed by atoms with E-state index in [-0.39, 0.29) is 23.8 Å². The number of anilines is 1. The van der Waals surface area contributed by atoms with Gasteiger partial charge >= 0.3 is 12.1 Å². The lowest BCUT2D eigenvalue weighted by atomic mass is 9.92. The first-order chi connectivity index (χ1) is 18.1. The van der Waals surface area contributed by atoms with Gasteiger partial charge in [-0.3, -0.25) is 15.2 Å². The SMILES string of the molecule is CC1=C(C(=O)OCCN(C)C)C(c2ccc(C#N)cc2)N2C(=NNC3OC32)N1c1cccc(C(F)(F)F)c1. The van der Waals surface area contributed by atoms with Gasteiger partial charge in [0, 0.05) is 17.9 Å². The molecule has 0 radical (unpaired) electrons. The first-order valence-corrected chi connectivity index (χ1v) is 11.9. The number of esters is 1. The molecule has 9 nitrogen and oxygen atoms in total. The van der Waals surface area contributed by atoms with E-state index in [1.54, 1.807) is 36.1 Å². The summed E-state index contributed by atoms with van der Waals surface area (Å²) in [6.07, 6.45) is -5.51. The molecule has 3 aliphatic rings. The van der Waals surface area contributed by atoms with Crippen molar-refractivity contribution in [3.05, 3.63) is 76.5 Å². The third kappa shape index (κ3) is 4.66. The Bertz CT molecular complexity index is 1350. The van der Waals surface area contributed by atoms with Crippen molar-refractivity contribution in [3.63, 3.8) is 0 Å². The van der Waals surface area contributed by atoms with E-state index in [1.165, 1.54) is 17.0 Å². The van der Waals surface area contributed by atoms with Crippen molar-refractivity contribution in [2.75, 3.05) is 32.1 Å². The van der Waals surface area contributed by atoms with Crippen LogP contribution in [0.15, 0.2) is 64.9 Å². The maximum Gasteiger partial charge on any atom is 0.416 e. The first-order valence-electron chi connectivity index (χ1n) is 11.9. The van der Waals surface area contributed by atoms with Gasteiger partial charge in [-0.1, -0.05) is 18.2 Å². The fraction of sp³-hybridized carbons (Fsp3) is 0.346. The zero-order chi connectivity index (χ0) is 27.2. The molecule has 0 amide bonds. The van der Waals surface area contributed by atoms with Crippen molar-refractivity contribution in [1.29, 1.82) is 5.26 Å². The third-order valence-corrected chi connectivity index (χ3v) is 6.52. The second kappa shape index (κ2) is 9.66. The summed E-state index contributed by atoms with van der Waals surface area (Å²) >= 11 is 0. The van der Waals surface area contributed by atoms with E-state index >= 15 is 0 Å². The van der Waals surface area contributed by atoms with Crippen LogP contribution in [0.4, 0.5) is 18.9 Å². The molecular formula is C26H25F3N6O3. The quantitative estimate of drug-likeness (QED) is 0.452. The molecule has 198 valence electrons. The van der Waals surface area contributed by atoms with Crippen LogP contribution in [0, 0.1) is 11.3 Å². The minimum absolute atomic E-state index is 0.122. The van der Waals surface area contributed by atoms with E-state index in [0.717, 1.165) is 12.1 Å². The monoisotopic (exact) mass is 526 g/mol. The van der Waals surface area contributed by atoms with E-state index in [1.807, 2.05) is 19.0 Å². The molecule has 0 aliphatic carbocycles. The number of fused-ring (bicyclic) bond motifs is 3. The van der Waals surface area contributed by atoms with E-state index in [4.69, 9.17) is 9.47 Å². The normalized spacial score (nSPS) is 22.3. The van der Waals surface area contributed by atoms with E-state index in [2.05, 4.69) is 16.6 Å². The number of allylic oxidation sites excluding steroid dienone is 1. The molecule has 1 saturated heterocycles. The van der Waals surface area contributed by atoms with Crippen LogP contribution in [0.3, 0.4) is 0 Å². The zero-order valence-corrected chi connectivity index (χ0v) is 20.9. The van der Waals surface area contributed by atoms with Crippen LogP contribution in [0.2, 0.25) is 0 Å². The summed E-state index contributed by atoms with van der Waals surface area (Å²) in [6.45, 7) is 2.27. The van der Waals surface area contributed by atoms with Crippen LogP contribution in [0.5, 0.6) is 0 Å². The third-order valence-electron chi connectivity index (χ3n) is 6.52. The number of hydrazone groups is 1. The molecule has 3 heterocycles. The number of epoxide rings is 1. The predicted octanol–water partition coefficient (Wildman–Crippen LogP) is 3.38. The van der Waals surface area contributed by atoms with E-state index < -0.39 is 36.2 Å². The van der Waals surface area contributed by atoms with Gasteiger partial charge in [-0.2, -0.15) is 18.4 Å². The smallest absolute Gasteiger partial charge is 0.416 e. The fourth-order valence-corrected chi connectivity index (χ4v) is 4.59. The molecule has 3 unspecified atom stereocenters. The second-order valence-corrected chi connectivity index (χ2v) is 9.35. The van der Waals surface area contributed by atoms with Crippen LogP contribution in [0.1, 0.15) is 29.7 Å².